The SMILES string of the molecule is CCCc1cccc(F)c1-n1cc(CCC)n(Cc2ccc(-c3ccccc3-c3nnn[nH]3)cc2)c1=O. The maximum atomic E-state index is 14.9. The molecule has 5 aromatic rings. The molecule has 7 nitrogen and oxygen atoms in total. The van der Waals surface area contributed by atoms with E-state index >= 15 is 0 Å². The molecule has 0 saturated heterocycles. The van der Waals surface area contributed by atoms with E-state index in [-0.39, 0.29) is 11.5 Å². The number of aromatic amines is 1. The van der Waals surface area contributed by atoms with Crippen LogP contribution in [0.25, 0.3) is 28.2 Å². The standard InChI is InChI=1S/C29H29FN6O/c1-3-8-22-10-7-13-26(30)27(22)36-19-23(9-4-2)35(29(36)37)18-20-14-16-21(17-15-20)24-11-5-6-12-25(24)28-31-33-34-32-28/h5-7,10-17,19H,3-4,8-9,18H2,1-2H3,(H,31,32,33,34). The van der Waals surface area contributed by atoms with Crippen molar-refractivity contribution in [3.05, 3.63) is 106 Å². The Morgan fingerprint density at radius 1 is 0.892 bits per heavy atom. The molecule has 0 saturated carbocycles. The molecule has 0 amide bonds. The molecule has 8 heteroatoms. The van der Waals surface area contributed by atoms with Crippen molar-refractivity contribution in [2.75, 3.05) is 0 Å². The topological polar surface area (TPSA) is 81.4 Å². The second kappa shape index (κ2) is 10.7. The van der Waals surface area contributed by atoms with Crippen molar-refractivity contribution >= 4 is 0 Å². The Balaban J connectivity index is 1.49. The highest BCUT2D eigenvalue weighted by molar-refractivity contribution is 5.80. The highest BCUT2D eigenvalue weighted by atomic mass is 19.1. The van der Waals surface area contributed by atoms with Gasteiger partial charge in [0.15, 0.2) is 5.82 Å². The molecule has 5 rings (SSSR count). The number of nitrogens with zero attached hydrogens (tertiary/aromatic N) is 5. The van der Waals surface area contributed by atoms with Crippen LogP contribution in [0.1, 0.15) is 43.5 Å². The monoisotopic (exact) mass is 496 g/mol. The second-order valence-corrected chi connectivity index (χ2v) is 9.10. The minimum Gasteiger partial charge on any atom is -0.292 e. The number of imidazole rings is 1. The molecule has 0 fully saturated rings. The Hall–Kier alpha value is -4.33. The molecule has 0 aliphatic rings. The lowest BCUT2D eigenvalue weighted by atomic mass is 9.98. The number of hydrogen-bond donors (Lipinski definition) is 1. The van der Waals surface area contributed by atoms with Crippen LogP contribution < -0.4 is 5.69 Å². The van der Waals surface area contributed by atoms with E-state index in [9.17, 15) is 9.18 Å². The molecule has 188 valence electrons. The highest BCUT2D eigenvalue weighted by Crippen LogP contribution is 2.30. The molecule has 37 heavy (non-hydrogen) atoms. The first-order chi connectivity index (χ1) is 18.1. The van der Waals surface area contributed by atoms with Crippen LogP contribution in [0.15, 0.2) is 77.7 Å². The average Bonchev–Trinajstić information content (AvgIpc) is 3.55. The van der Waals surface area contributed by atoms with E-state index < -0.39 is 0 Å². The van der Waals surface area contributed by atoms with Crippen LogP contribution in [0.3, 0.4) is 0 Å². The number of aryl methyl sites for hydroxylation is 2. The number of hydrogen-bond acceptors (Lipinski definition) is 4. The van der Waals surface area contributed by atoms with Gasteiger partial charge >= 0.3 is 5.69 Å². The van der Waals surface area contributed by atoms with Crippen molar-refractivity contribution in [2.24, 2.45) is 0 Å². The van der Waals surface area contributed by atoms with E-state index in [2.05, 4.69) is 34.5 Å². The van der Waals surface area contributed by atoms with Gasteiger partial charge < -0.3 is 0 Å². The molecule has 0 aliphatic heterocycles. The molecule has 0 unspecified atom stereocenters. The summed E-state index contributed by atoms with van der Waals surface area (Å²) in [5.74, 6) is 0.227. The number of benzene rings is 3. The third-order valence-corrected chi connectivity index (χ3v) is 6.53. The number of H-pyrrole nitrogens is 1. The van der Waals surface area contributed by atoms with Gasteiger partial charge in [-0.25, -0.2) is 14.3 Å². The molecule has 2 aromatic heterocycles. The first-order valence-electron chi connectivity index (χ1n) is 12.6. The van der Waals surface area contributed by atoms with Gasteiger partial charge in [0.05, 0.1) is 12.2 Å². The number of para-hydroxylation sites is 1. The Bertz CT molecular complexity index is 1550. The van der Waals surface area contributed by atoms with Gasteiger partial charge in [-0.05, 0) is 51.6 Å². The van der Waals surface area contributed by atoms with E-state index in [1.807, 2.05) is 54.6 Å². The fourth-order valence-corrected chi connectivity index (χ4v) is 4.80. The van der Waals surface area contributed by atoms with Gasteiger partial charge in [0.1, 0.15) is 5.82 Å². The van der Waals surface area contributed by atoms with E-state index in [1.54, 1.807) is 16.8 Å². The number of nitrogens with one attached hydrogen (secondary N) is 1. The largest absolute Gasteiger partial charge is 0.333 e. The lowest BCUT2D eigenvalue weighted by Crippen LogP contribution is -2.26. The van der Waals surface area contributed by atoms with Crippen molar-refractivity contribution in [1.29, 1.82) is 0 Å². The average molecular weight is 497 g/mol. The van der Waals surface area contributed by atoms with Crippen molar-refractivity contribution in [1.82, 2.24) is 29.8 Å². The summed E-state index contributed by atoms with van der Waals surface area (Å²) >= 11 is 0. The lowest BCUT2D eigenvalue weighted by Gasteiger charge is -2.11. The quantitative estimate of drug-likeness (QED) is 0.289. The summed E-state index contributed by atoms with van der Waals surface area (Å²) in [4.78, 5) is 13.6. The minimum atomic E-state index is -0.377. The Morgan fingerprint density at radius 3 is 2.35 bits per heavy atom. The first kappa shape index (κ1) is 24.4. The predicted octanol–water partition coefficient (Wildman–Crippen LogP) is 5.58. The predicted molar refractivity (Wildman–Crippen MR) is 142 cm³/mol. The number of rotatable bonds is 9. The third-order valence-electron chi connectivity index (χ3n) is 6.53. The van der Waals surface area contributed by atoms with Gasteiger partial charge in [0, 0.05) is 17.5 Å². The molecule has 0 bridgehead atoms. The zero-order valence-electron chi connectivity index (χ0n) is 21.0. The molecule has 3 aromatic carbocycles. The summed E-state index contributed by atoms with van der Waals surface area (Å²) in [6, 6.07) is 21.1. The summed E-state index contributed by atoms with van der Waals surface area (Å²) in [5, 5.41) is 14.3. The van der Waals surface area contributed by atoms with Gasteiger partial charge in [-0.2, -0.15) is 0 Å². The molecule has 2 heterocycles. The Kier molecular flexibility index (Phi) is 7.07. The summed E-state index contributed by atoms with van der Waals surface area (Å²) in [7, 11) is 0. The van der Waals surface area contributed by atoms with E-state index in [4.69, 9.17) is 0 Å². The maximum absolute atomic E-state index is 14.9. The van der Waals surface area contributed by atoms with E-state index in [0.29, 0.717) is 24.5 Å². The van der Waals surface area contributed by atoms with Crippen LogP contribution in [-0.4, -0.2) is 29.8 Å². The lowest BCUT2D eigenvalue weighted by molar-refractivity contribution is 0.609. The smallest absolute Gasteiger partial charge is 0.292 e. The molecular formula is C29H29FN6O. The number of aromatic nitrogens is 6. The molecular weight excluding hydrogens is 467 g/mol. The van der Waals surface area contributed by atoms with Crippen molar-refractivity contribution in [3.63, 3.8) is 0 Å². The van der Waals surface area contributed by atoms with Crippen LogP contribution >= 0.6 is 0 Å². The van der Waals surface area contributed by atoms with Gasteiger partial charge in [-0.15, -0.1) is 5.10 Å². The van der Waals surface area contributed by atoms with Gasteiger partial charge in [-0.1, -0.05) is 87.4 Å². The van der Waals surface area contributed by atoms with Gasteiger partial charge in [-0.3, -0.25) is 9.13 Å². The number of halogens is 1. The zero-order chi connectivity index (χ0) is 25.8. The second-order valence-electron chi connectivity index (χ2n) is 9.10. The molecule has 0 spiro atoms. The van der Waals surface area contributed by atoms with Gasteiger partial charge in [0.2, 0.25) is 0 Å². The molecule has 0 atom stereocenters. The van der Waals surface area contributed by atoms with Crippen molar-refractivity contribution < 1.29 is 4.39 Å². The number of tetrazole rings is 1. The van der Waals surface area contributed by atoms with Crippen LogP contribution in [0.2, 0.25) is 0 Å². The molecule has 0 radical (unpaired) electrons. The Morgan fingerprint density at radius 2 is 1.65 bits per heavy atom. The first-order valence-corrected chi connectivity index (χ1v) is 12.6. The van der Waals surface area contributed by atoms with Crippen LogP contribution in [0.4, 0.5) is 4.39 Å². The summed E-state index contributed by atoms with van der Waals surface area (Å²) in [6.07, 6.45) is 5.00. The highest BCUT2D eigenvalue weighted by Gasteiger charge is 2.18. The van der Waals surface area contributed by atoms with E-state index in [1.165, 1.54) is 10.6 Å². The van der Waals surface area contributed by atoms with Crippen LogP contribution in [0, 0.1) is 5.82 Å². The van der Waals surface area contributed by atoms with Gasteiger partial charge in [0.25, 0.3) is 0 Å². The van der Waals surface area contributed by atoms with Crippen molar-refractivity contribution in [2.45, 2.75) is 46.1 Å². The third kappa shape index (κ3) is 4.87. The fraction of sp³-hybridized carbons (Fsp3) is 0.241. The zero-order valence-corrected chi connectivity index (χ0v) is 21.0. The Labute approximate surface area is 214 Å². The fourth-order valence-electron chi connectivity index (χ4n) is 4.80. The van der Waals surface area contributed by atoms with Crippen LogP contribution in [-0.2, 0) is 19.4 Å². The normalized spacial score (nSPS) is 11.2. The van der Waals surface area contributed by atoms with Crippen LogP contribution in [0.5, 0.6) is 0 Å². The summed E-state index contributed by atoms with van der Waals surface area (Å²) < 4.78 is 18.2. The van der Waals surface area contributed by atoms with Crippen molar-refractivity contribution in [3.8, 4) is 28.2 Å². The molecule has 0 aliphatic carbocycles. The summed E-state index contributed by atoms with van der Waals surface area (Å²) in [5.41, 5.74) is 5.79. The summed E-state index contributed by atoms with van der Waals surface area (Å²) in [6.45, 7) is 4.54. The molecule has 1 N–H and O–H groups in total. The van der Waals surface area contributed by atoms with E-state index in [0.717, 1.165) is 52.8 Å². The minimum absolute atomic E-state index is 0.224. The maximum Gasteiger partial charge on any atom is 0.333 e.